The van der Waals surface area contributed by atoms with Gasteiger partial charge in [0, 0.05) is 37.6 Å². The van der Waals surface area contributed by atoms with E-state index in [4.69, 9.17) is 5.73 Å². The highest BCUT2D eigenvalue weighted by Crippen LogP contribution is 2.21. The minimum Gasteiger partial charge on any atom is -0.368 e. The first-order valence-corrected chi connectivity index (χ1v) is 7.81. The quantitative estimate of drug-likeness (QED) is 0.942. The largest absolute Gasteiger partial charge is 0.368 e. The summed E-state index contributed by atoms with van der Waals surface area (Å²) >= 11 is 0. The maximum Gasteiger partial charge on any atom is 0.123 e. The number of hydrogen-bond donors (Lipinski definition) is 1. The van der Waals surface area contributed by atoms with Gasteiger partial charge in [-0.25, -0.2) is 4.39 Å². The summed E-state index contributed by atoms with van der Waals surface area (Å²) in [6.07, 6.45) is 0.929. The van der Waals surface area contributed by atoms with Gasteiger partial charge in [-0.05, 0) is 54.9 Å². The summed E-state index contributed by atoms with van der Waals surface area (Å²) in [5.41, 5.74) is 9.23. The van der Waals surface area contributed by atoms with E-state index >= 15 is 0 Å². The summed E-state index contributed by atoms with van der Waals surface area (Å²) < 4.78 is 13.0. The third kappa shape index (κ3) is 3.39. The van der Waals surface area contributed by atoms with Crippen molar-refractivity contribution in [1.29, 1.82) is 0 Å². The fourth-order valence-corrected chi connectivity index (χ4v) is 2.91. The van der Waals surface area contributed by atoms with Gasteiger partial charge in [0.05, 0.1) is 0 Å². The van der Waals surface area contributed by atoms with Crippen molar-refractivity contribution in [3.05, 3.63) is 59.9 Å². The van der Waals surface area contributed by atoms with E-state index in [1.165, 1.54) is 23.4 Å². The lowest BCUT2D eigenvalue weighted by Crippen LogP contribution is -2.46. The van der Waals surface area contributed by atoms with Crippen LogP contribution in [0, 0.1) is 5.82 Å². The molecule has 0 aliphatic carbocycles. The van der Waals surface area contributed by atoms with Crippen LogP contribution in [0.15, 0.2) is 48.5 Å². The van der Waals surface area contributed by atoms with Crippen LogP contribution in [0.25, 0.3) is 0 Å². The number of nitrogens with two attached hydrogens (primary N) is 1. The normalized spacial score (nSPS) is 15.2. The summed E-state index contributed by atoms with van der Waals surface area (Å²) in [5, 5.41) is 0. The molecule has 0 bridgehead atoms. The molecule has 0 saturated carbocycles. The molecule has 2 N–H and O–H groups in total. The van der Waals surface area contributed by atoms with E-state index in [2.05, 4.69) is 34.1 Å². The lowest BCUT2D eigenvalue weighted by atomic mass is 10.1. The predicted molar refractivity (Wildman–Crippen MR) is 90.0 cm³/mol. The van der Waals surface area contributed by atoms with Crippen molar-refractivity contribution in [3.8, 4) is 0 Å². The van der Waals surface area contributed by atoms with Gasteiger partial charge >= 0.3 is 0 Å². The topological polar surface area (TPSA) is 32.5 Å². The van der Waals surface area contributed by atoms with Crippen LogP contribution in [0.4, 0.5) is 15.8 Å². The van der Waals surface area contributed by atoms with E-state index in [1.807, 2.05) is 12.1 Å². The molecule has 0 atom stereocenters. The number of benzene rings is 2. The SMILES string of the molecule is NCCc1ccc(N2CCN(c3ccc(F)cc3)CC2)cc1. The lowest BCUT2D eigenvalue weighted by Gasteiger charge is -2.37. The first kappa shape index (κ1) is 14.9. The molecular formula is C18H22FN3. The first-order chi connectivity index (χ1) is 10.8. The monoisotopic (exact) mass is 299 g/mol. The Morgan fingerprint density at radius 1 is 0.773 bits per heavy atom. The van der Waals surface area contributed by atoms with Gasteiger partial charge in [0.1, 0.15) is 5.82 Å². The second-order valence-corrected chi connectivity index (χ2v) is 5.66. The van der Waals surface area contributed by atoms with E-state index < -0.39 is 0 Å². The summed E-state index contributed by atoms with van der Waals surface area (Å²) in [5.74, 6) is -0.181. The maximum absolute atomic E-state index is 13.0. The summed E-state index contributed by atoms with van der Waals surface area (Å²) in [7, 11) is 0. The minimum atomic E-state index is -0.181. The Bertz CT molecular complexity index is 587. The molecule has 22 heavy (non-hydrogen) atoms. The number of hydrogen-bond acceptors (Lipinski definition) is 3. The maximum atomic E-state index is 13.0. The van der Waals surface area contributed by atoms with Crippen molar-refractivity contribution in [3.63, 3.8) is 0 Å². The molecule has 2 aromatic rings. The smallest absolute Gasteiger partial charge is 0.123 e. The highest BCUT2D eigenvalue weighted by Gasteiger charge is 2.17. The predicted octanol–water partition coefficient (Wildman–Crippen LogP) is 2.65. The molecule has 3 rings (SSSR count). The van der Waals surface area contributed by atoms with Crippen LogP contribution in [0.3, 0.4) is 0 Å². The molecule has 116 valence electrons. The molecule has 0 amide bonds. The number of nitrogens with zero attached hydrogens (tertiary/aromatic N) is 2. The third-order valence-corrected chi connectivity index (χ3v) is 4.21. The molecule has 1 aliphatic rings. The molecule has 2 aromatic carbocycles. The number of piperazine rings is 1. The van der Waals surface area contributed by atoms with Crippen LogP contribution in [-0.4, -0.2) is 32.7 Å². The van der Waals surface area contributed by atoms with E-state index in [0.29, 0.717) is 6.54 Å². The molecule has 1 saturated heterocycles. The van der Waals surface area contributed by atoms with Gasteiger partial charge in [0.15, 0.2) is 0 Å². The zero-order valence-electron chi connectivity index (χ0n) is 12.7. The number of rotatable bonds is 4. The molecule has 1 fully saturated rings. The molecular weight excluding hydrogens is 277 g/mol. The van der Waals surface area contributed by atoms with E-state index in [-0.39, 0.29) is 5.82 Å². The van der Waals surface area contributed by atoms with Crippen molar-refractivity contribution >= 4 is 11.4 Å². The Morgan fingerprint density at radius 3 is 1.68 bits per heavy atom. The molecule has 4 heteroatoms. The van der Waals surface area contributed by atoms with Crippen LogP contribution in [0.2, 0.25) is 0 Å². The Kier molecular flexibility index (Phi) is 4.59. The standard InChI is InChI=1S/C18H22FN3/c19-16-3-7-18(8-4-16)22-13-11-21(12-14-22)17-5-1-15(2-6-17)9-10-20/h1-8H,9-14,20H2. The second kappa shape index (κ2) is 6.79. The van der Waals surface area contributed by atoms with Crippen molar-refractivity contribution in [2.75, 3.05) is 42.5 Å². The highest BCUT2D eigenvalue weighted by atomic mass is 19.1. The highest BCUT2D eigenvalue weighted by molar-refractivity contribution is 5.52. The van der Waals surface area contributed by atoms with Gasteiger partial charge in [-0.1, -0.05) is 12.1 Å². The van der Waals surface area contributed by atoms with E-state index in [1.54, 1.807) is 0 Å². The van der Waals surface area contributed by atoms with Crippen LogP contribution in [0.5, 0.6) is 0 Å². The molecule has 1 aliphatic heterocycles. The summed E-state index contributed by atoms with van der Waals surface area (Å²) in [6.45, 7) is 4.56. The van der Waals surface area contributed by atoms with Crippen molar-refractivity contribution in [1.82, 2.24) is 0 Å². The molecule has 0 spiro atoms. The fraction of sp³-hybridized carbons (Fsp3) is 0.333. The van der Waals surface area contributed by atoms with E-state index in [0.717, 1.165) is 38.3 Å². The average molecular weight is 299 g/mol. The second-order valence-electron chi connectivity index (χ2n) is 5.66. The van der Waals surface area contributed by atoms with Gasteiger partial charge < -0.3 is 15.5 Å². The van der Waals surface area contributed by atoms with Crippen LogP contribution in [0.1, 0.15) is 5.56 Å². The van der Waals surface area contributed by atoms with Gasteiger partial charge in [-0.3, -0.25) is 0 Å². The molecule has 0 radical (unpaired) electrons. The Hall–Kier alpha value is -2.07. The minimum absolute atomic E-state index is 0.181. The number of anilines is 2. The molecule has 3 nitrogen and oxygen atoms in total. The number of halogens is 1. The van der Waals surface area contributed by atoms with Gasteiger partial charge in [-0.15, -0.1) is 0 Å². The zero-order chi connectivity index (χ0) is 15.4. The summed E-state index contributed by atoms with van der Waals surface area (Å²) in [6, 6.07) is 15.4. The van der Waals surface area contributed by atoms with Gasteiger partial charge in [-0.2, -0.15) is 0 Å². The first-order valence-electron chi connectivity index (χ1n) is 7.81. The van der Waals surface area contributed by atoms with Gasteiger partial charge in [0.25, 0.3) is 0 Å². The van der Waals surface area contributed by atoms with Gasteiger partial charge in [0.2, 0.25) is 0 Å². The lowest BCUT2D eigenvalue weighted by molar-refractivity contribution is 0.625. The summed E-state index contributed by atoms with van der Waals surface area (Å²) in [4.78, 5) is 4.70. The average Bonchev–Trinajstić information content (AvgIpc) is 2.57. The van der Waals surface area contributed by atoms with Crippen molar-refractivity contribution < 1.29 is 4.39 Å². The van der Waals surface area contributed by atoms with Crippen LogP contribution < -0.4 is 15.5 Å². The zero-order valence-corrected chi connectivity index (χ0v) is 12.7. The molecule has 0 aromatic heterocycles. The van der Waals surface area contributed by atoms with Crippen molar-refractivity contribution in [2.45, 2.75) is 6.42 Å². The van der Waals surface area contributed by atoms with Crippen LogP contribution >= 0.6 is 0 Å². The fourth-order valence-electron chi connectivity index (χ4n) is 2.91. The Morgan fingerprint density at radius 2 is 1.23 bits per heavy atom. The Balaban J connectivity index is 1.60. The van der Waals surface area contributed by atoms with E-state index in [9.17, 15) is 4.39 Å². The van der Waals surface area contributed by atoms with Crippen molar-refractivity contribution in [2.24, 2.45) is 5.73 Å². The van der Waals surface area contributed by atoms with Crippen LogP contribution in [-0.2, 0) is 6.42 Å². The molecule has 1 heterocycles. The molecule has 0 unspecified atom stereocenters. The third-order valence-electron chi connectivity index (χ3n) is 4.21. The Labute approximate surface area is 131 Å².